The first kappa shape index (κ1) is 157. The molecule has 0 aliphatic rings. The van der Waals surface area contributed by atoms with Crippen LogP contribution in [0.1, 0.15) is 637 Å². The van der Waals surface area contributed by atoms with Crippen LogP contribution in [0, 0.1) is 76.9 Å². The van der Waals surface area contributed by atoms with Crippen molar-refractivity contribution in [2.45, 2.75) is 674 Å². The van der Waals surface area contributed by atoms with Gasteiger partial charge in [-0.1, -0.05) is 495 Å². The van der Waals surface area contributed by atoms with Gasteiger partial charge < -0.3 is 49.5 Å². The zero-order valence-electron chi connectivity index (χ0n) is 101. The van der Waals surface area contributed by atoms with E-state index >= 15 is 0 Å². The molecule has 0 saturated carbocycles. The summed E-state index contributed by atoms with van der Waals surface area (Å²) < 4.78 is 0.864. The maximum atomic E-state index is 12.2. The Morgan fingerprint density at radius 2 is 0.350 bits per heavy atom. The van der Waals surface area contributed by atoms with Crippen molar-refractivity contribution in [1.29, 1.82) is 0 Å². The number of carboxylic acid groups (broad SMARTS) is 5. The second kappa shape index (κ2) is 108. The second-order valence-electron chi connectivity index (χ2n) is 49.3. The number of thiol groups is 2. The Hall–Kier alpha value is 0.697. The van der Waals surface area contributed by atoms with Crippen LogP contribution in [-0.2, 0) is 24.0 Å². The van der Waals surface area contributed by atoms with Crippen LogP contribution in [0.2, 0.25) is 13.3 Å². The predicted octanol–water partition coefficient (Wildman–Crippen LogP) is 36.6. The van der Waals surface area contributed by atoms with Crippen molar-refractivity contribution < 1.29 is 49.5 Å². The first-order valence-electron chi connectivity index (χ1n) is 61.3. The topological polar surface area (TPSA) is 201 Å². The third-order valence-corrected chi connectivity index (χ3v) is 39.1. The van der Waals surface area contributed by atoms with Crippen molar-refractivity contribution in [3.63, 3.8) is 0 Å². The third kappa shape index (κ3) is 112. The summed E-state index contributed by atoms with van der Waals surface area (Å²) in [4.78, 5) is 59.5. The average molecular weight is 2320 g/mol. The summed E-state index contributed by atoms with van der Waals surface area (Å²) in [7, 11) is 0. The molecule has 0 fully saturated rings. The summed E-state index contributed by atoms with van der Waals surface area (Å²) in [6, 6.07) is 0. The molecule has 0 unspecified atom stereocenters. The van der Waals surface area contributed by atoms with E-state index in [9.17, 15) is 49.5 Å². The number of carboxylic acids is 5. The van der Waals surface area contributed by atoms with Crippen LogP contribution in [0.3, 0.4) is 0 Å². The molecule has 0 saturated heterocycles. The molecule has 0 heterocycles. The Kier molecular flexibility index (Phi) is 119. The molecule has 0 aliphatic heterocycles. The second-order valence-corrected chi connectivity index (χ2v) is 61.1. The molecule has 0 aliphatic carbocycles. The van der Waals surface area contributed by atoms with E-state index in [1.54, 1.807) is 66.7 Å². The van der Waals surface area contributed by atoms with Crippen molar-refractivity contribution in [3.8, 4) is 0 Å². The molecular weight excluding hydrogens is 2070 g/mol. The average Bonchev–Trinajstić information content (AvgIpc) is 0.854. The van der Waals surface area contributed by atoms with E-state index in [4.69, 9.17) is 0 Å². The van der Waals surface area contributed by atoms with Crippen LogP contribution in [0.15, 0.2) is 0 Å². The molecule has 10 nitrogen and oxygen atoms in total. The molecule has 0 radical (unpaired) electrons. The van der Waals surface area contributed by atoms with E-state index in [1.807, 2.05) is 0 Å². The van der Waals surface area contributed by atoms with Gasteiger partial charge in [-0.3, -0.25) is 0 Å². The SMILES string of the molecule is CC(C)CCCCCC(S)(CCCCCC(C)C)C(=O)[O-].CC(C)CCCCCC(S)(CCCCCC(C)C)C(=O)[O-].CC(C)CCCCCSC(CCCCCC(C)C)(CCCCCC(C)C)C(=O)[O-].CC(C)CCCCCSC(CCCCCC(C)C)(CCCCCC(C)C)C(=O)[O-].CC(C)CCCCCSC(CCCCCC(C)C)(CCCCCC(C)C)C(=O)[O-].CCC[CH2][Sn+2][CH2]CCC.CCC[CH2][Sn+3]. The molecule has 0 bridgehead atoms. The van der Waals surface area contributed by atoms with E-state index in [0.717, 1.165) is 280 Å². The van der Waals surface area contributed by atoms with Crippen molar-refractivity contribution in [3.05, 3.63) is 0 Å². The fourth-order valence-electron chi connectivity index (χ4n) is 17.9. The summed E-state index contributed by atoms with van der Waals surface area (Å²) >= 11 is 15.8. The number of unbranched alkanes of at least 4 members (excludes halogenated alkanes) is 29. The first-order chi connectivity index (χ1) is 67.5. The van der Waals surface area contributed by atoms with E-state index in [0.29, 0.717) is 25.7 Å². The molecule has 0 amide bonds. The number of aliphatic carboxylic acids is 5. The van der Waals surface area contributed by atoms with Gasteiger partial charge >= 0.3 is 116 Å². The van der Waals surface area contributed by atoms with Crippen LogP contribution in [-0.4, -0.2) is 115 Å². The van der Waals surface area contributed by atoms with E-state index in [1.165, 1.54) is 229 Å². The van der Waals surface area contributed by atoms with Gasteiger partial charge in [-0.2, -0.15) is 25.3 Å². The molecule has 0 aromatic rings. The Morgan fingerprint density at radius 3 is 0.462 bits per heavy atom. The van der Waals surface area contributed by atoms with Crippen LogP contribution < -0.4 is 25.5 Å². The van der Waals surface area contributed by atoms with E-state index < -0.39 is 53.6 Å². The number of thioether (sulfide) groups is 3. The Balaban J connectivity index is -0.000000314. The van der Waals surface area contributed by atoms with Crippen LogP contribution in [0.5, 0.6) is 0 Å². The molecule has 0 spiro atoms. The van der Waals surface area contributed by atoms with Gasteiger partial charge in [0, 0.05) is 0 Å². The number of rotatable bonds is 94. The summed E-state index contributed by atoms with van der Waals surface area (Å²) in [5.41, 5.74) is 0. The molecule has 143 heavy (non-hydrogen) atoms. The van der Waals surface area contributed by atoms with E-state index in [2.05, 4.69) is 226 Å². The number of carbonyl (C=O) groups is 5. The summed E-state index contributed by atoms with van der Waals surface area (Å²) in [6.07, 6.45) is 76.2. The van der Waals surface area contributed by atoms with Crippen molar-refractivity contribution in [2.75, 3.05) is 17.3 Å². The van der Waals surface area contributed by atoms with Crippen LogP contribution in [0.25, 0.3) is 0 Å². The molecule has 0 aromatic carbocycles. The zero-order chi connectivity index (χ0) is 110. The van der Waals surface area contributed by atoms with Gasteiger partial charge in [0.25, 0.3) is 0 Å². The molecule has 0 N–H and O–H groups in total. The summed E-state index contributed by atoms with van der Waals surface area (Å²) in [5, 5.41) is 59.5. The Bertz CT molecular complexity index is 2360. The monoisotopic (exact) mass is 2320 g/mol. The number of hydrogen-bond acceptors (Lipinski definition) is 15. The summed E-state index contributed by atoms with van der Waals surface area (Å²) in [6.45, 7) is 65.4. The molecule has 0 atom stereocenters. The minimum absolute atomic E-state index is 0.149. The molecule has 852 valence electrons. The predicted molar refractivity (Wildman–Crippen MR) is 644 cm³/mol. The van der Waals surface area contributed by atoms with Gasteiger partial charge in [-0.25, -0.2) is 0 Å². The quantitative estimate of drug-likeness (QED) is 0.0331. The molecule has 17 heteroatoms. The maximum absolute atomic E-state index is 12.2. The molecule has 0 aromatic heterocycles. The van der Waals surface area contributed by atoms with Gasteiger partial charge in [0.15, 0.2) is 0 Å². The van der Waals surface area contributed by atoms with Crippen molar-refractivity contribution in [2.24, 2.45) is 76.9 Å². The molecular formula is C126H250O10S5Sn2. The fraction of sp³-hybridized carbons (Fsp3) is 0.960. The normalized spacial score (nSPS) is 12.1. The number of hydrogen-bond donors (Lipinski definition) is 2. The van der Waals surface area contributed by atoms with Crippen LogP contribution in [0.4, 0.5) is 0 Å². The first-order valence-corrected chi connectivity index (χ1v) is 71.2. The number of carbonyl (C=O) groups excluding carboxylic acids is 5. The van der Waals surface area contributed by atoms with Crippen molar-refractivity contribution in [1.82, 2.24) is 0 Å². The Morgan fingerprint density at radius 1 is 0.210 bits per heavy atom. The van der Waals surface area contributed by atoms with Gasteiger partial charge in [0.05, 0.1) is 53.6 Å². The van der Waals surface area contributed by atoms with Crippen molar-refractivity contribution >= 4 is 134 Å². The fourth-order valence-corrected chi connectivity index (χ4v) is 28.0. The zero-order valence-corrected chi connectivity index (χ0v) is 111. The Labute approximate surface area is 943 Å². The van der Waals surface area contributed by atoms with Gasteiger partial charge in [0.2, 0.25) is 0 Å². The minimum atomic E-state index is -0.987. The standard InChI is InChI=1S/3C26H52O2S.2C18H36O2S.3C4H9.2Sn/c3*1-22(2)16-10-7-13-19-26(25(27)28,20-14-8-11-17-23(3)4)29-21-15-9-12-18-24(5)6;2*1-15(2)11-7-5-9-13-18(21,17(19)20)14-10-6-8-12-16(3)4;3*1-3-4-2;;/h3*22-24H,7-21H2,1-6H3,(H,27,28);2*15-16,21H,5-14H2,1-4H3,(H,19,20);3*1,3-4H2,2H3;;/q;;;;;;;;+2;+3/p-5. The van der Waals surface area contributed by atoms with E-state index in [-0.39, 0.29) is 21.1 Å². The molecule has 0 rings (SSSR count). The van der Waals surface area contributed by atoms with Gasteiger partial charge in [-0.05, 0) is 178 Å². The van der Waals surface area contributed by atoms with Crippen LogP contribution >= 0.6 is 60.5 Å². The van der Waals surface area contributed by atoms with Gasteiger partial charge in [0.1, 0.15) is 0 Å². The summed E-state index contributed by atoms with van der Waals surface area (Å²) in [5.74, 6) is 8.13. The third-order valence-electron chi connectivity index (χ3n) is 27.9. The van der Waals surface area contributed by atoms with Gasteiger partial charge in [-0.15, -0.1) is 35.3 Å².